The van der Waals surface area contributed by atoms with Gasteiger partial charge in [-0.05, 0) is 43.0 Å². The van der Waals surface area contributed by atoms with E-state index in [4.69, 9.17) is 10.8 Å². The van der Waals surface area contributed by atoms with Crippen molar-refractivity contribution in [3.63, 3.8) is 0 Å². The number of hydrogen-bond donors (Lipinski definition) is 2. The Labute approximate surface area is 105 Å². The van der Waals surface area contributed by atoms with Gasteiger partial charge >= 0.3 is 0 Å². The second-order valence-corrected chi connectivity index (χ2v) is 4.39. The van der Waals surface area contributed by atoms with E-state index in [0.29, 0.717) is 0 Å². The van der Waals surface area contributed by atoms with E-state index in [2.05, 4.69) is 35.0 Å². The molecule has 0 spiro atoms. The molecule has 0 saturated heterocycles. The fourth-order valence-electron chi connectivity index (χ4n) is 1.48. The van der Waals surface area contributed by atoms with Crippen LogP contribution in [0.5, 0.6) is 0 Å². The van der Waals surface area contributed by atoms with Crippen molar-refractivity contribution in [2.75, 3.05) is 6.61 Å². The summed E-state index contributed by atoms with van der Waals surface area (Å²) in [5.74, 6) is 0. The lowest BCUT2D eigenvalue weighted by atomic mass is 9.99. The molecule has 0 aliphatic rings. The fourth-order valence-corrected chi connectivity index (χ4v) is 1.86. The molecule has 1 atom stereocenters. The molecule has 86 valence electrons. The Morgan fingerprint density at radius 2 is 2.13 bits per heavy atom. The largest absolute Gasteiger partial charge is 0.396 e. The Kier molecular flexibility index (Phi) is 7.18. The average Bonchev–Trinajstić information content (AvgIpc) is 2.18. The quantitative estimate of drug-likeness (QED) is 0.897. The molecule has 0 aliphatic carbocycles. The molecule has 1 aromatic rings. The minimum atomic E-state index is 0. The van der Waals surface area contributed by atoms with Crippen LogP contribution >= 0.6 is 28.3 Å². The van der Waals surface area contributed by atoms with Crippen molar-refractivity contribution in [2.24, 2.45) is 5.73 Å². The highest BCUT2D eigenvalue weighted by Gasteiger charge is 2.08. The lowest BCUT2D eigenvalue weighted by molar-refractivity contribution is 0.280. The van der Waals surface area contributed by atoms with E-state index in [1.54, 1.807) is 0 Å². The Balaban J connectivity index is 0.00000196. The van der Waals surface area contributed by atoms with Crippen molar-refractivity contribution in [1.82, 2.24) is 0 Å². The topological polar surface area (TPSA) is 46.2 Å². The van der Waals surface area contributed by atoms with Gasteiger partial charge in [-0.15, -0.1) is 12.4 Å². The second kappa shape index (κ2) is 7.23. The molecule has 0 radical (unpaired) electrons. The summed E-state index contributed by atoms with van der Waals surface area (Å²) in [6, 6.07) is 6.15. The number of rotatable bonds is 4. The van der Waals surface area contributed by atoms with E-state index in [0.717, 1.165) is 22.9 Å². The molecular formula is C11H17BrClNO. The lowest BCUT2D eigenvalue weighted by Crippen LogP contribution is -2.12. The highest BCUT2D eigenvalue weighted by atomic mass is 79.9. The van der Waals surface area contributed by atoms with Gasteiger partial charge in [0, 0.05) is 17.1 Å². The van der Waals surface area contributed by atoms with Gasteiger partial charge < -0.3 is 10.8 Å². The summed E-state index contributed by atoms with van der Waals surface area (Å²) in [5, 5.41) is 8.72. The van der Waals surface area contributed by atoms with E-state index in [-0.39, 0.29) is 25.1 Å². The summed E-state index contributed by atoms with van der Waals surface area (Å²) >= 11 is 3.43. The number of benzene rings is 1. The number of aliphatic hydroxyl groups excluding tert-OH is 1. The highest BCUT2D eigenvalue weighted by Crippen LogP contribution is 2.23. The SMILES string of the molecule is Cc1ccc(Br)cc1[C@H](N)CCCO.Cl. The minimum absolute atomic E-state index is 0. The van der Waals surface area contributed by atoms with E-state index in [1.165, 1.54) is 5.56 Å². The predicted octanol–water partition coefficient (Wildman–Crippen LogP) is 2.95. The van der Waals surface area contributed by atoms with Gasteiger partial charge in [-0.3, -0.25) is 0 Å². The van der Waals surface area contributed by atoms with E-state index in [9.17, 15) is 0 Å². The molecule has 4 heteroatoms. The molecule has 0 amide bonds. The molecule has 0 saturated carbocycles. The summed E-state index contributed by atoms with van der Waals surface area (Å²) in [6.07, 6.45) is 1.58. The monoisotopic (exact) mass is 293 g/mol. The van der Waals surface area contributed by atoms with Gasteiger partial charge in [-0.25, -0.2) is 0 Å². The molecule has 0 heterocycles. The van der Waals surface area contributed by atoms with Crippen LogP contribution in [0.25, 0.3) is 0 Å². The van der Waals surface area contributed by atoms with Crippen molar-refractivity contribution < 1.29 is 5.11 Å². The lowest BCUT2D eigenvalue weighted by Gasteiger charge is -2.14. The molecule has 0 aliphatic heterocycles. The van der Waals surface area contributed by atoms with E-state index < -0.39 is 0 Å². The van der Waals surface area contributed by atoms with Crippen molar-refractivity contribution in [3.05, 3.63) is 33.8 Å². The molecule has 1 aromatic carbocycles. The predicted molar refractivity (Wildman–Crippen MR) is 69.4 cm³/mol. The number of hydrogen-bond acceptors (Lipinski definition) is 2. The number of nitrogens with two attached hydrogens (primary N) is 1. The van der Waals surface area contributed by atoms with Crippen LogP contribution < -0.4 is 5.73 Å². The van der Waals surface area contributed by atoms with Gasteiger partial charge in [-0.1, -0.05) is 22.0 Å². The van der Waals surface area contributed by atoms with E-state index in [1.807, 2.05) is 6.07 Å². The molecule has 15 heavy (non-hydrogen) atoms. The Morgan fingerprint density at radius 1 is 1.47 bits per heavy atom. The zero-order chi connectivity index (χ0) is 10.6. The summed E-state index contributed by atoms with van der Waals surface area (Å²) in [4.78, 5) is 0. The Morgan fingerprint density at radius 3 is 2.73 bits per heavy atom. The maximum atomic E-state index is 8.72. The molecule has 0 bridgehead atoms. The zero-order valence-corrected chi connectivity index (χ0v) is 11.1. The average molecular weight is 295 g/mol. The van der Waals surface area contributed by atoms with Gasteiger partial charge in [0.2, 0.25) is 0 Å². The summed E-state index contributed by atoms with van der Waals surface area (Å²) in [5.41, 5.74) is 8.39. The first-order valence-corrected chi connectivity index (χ1v) is 5.57. The van der Waals surface area contributed by atoms with Gasteiger partial charge in [0.05, 0.1) is 0 Å². The minimum Gasteiger partial charge on any atom is -0.396 e. The first-order valence-electron chi connectivity index (χ1n) is 4.77. The van der Waals surface area contributed by atoms with Crippen molar-refractivity contribution in [2.45, 2.75) is 25.8 Å². The number of aliphatic hydroxyl groups is 1. The van der Waals surface area contributed by atoms with Crippen LogP contribution in [0, 0.1) is 6.92 Å². The molecule has 0 aromatic heterocycles. The van der Waals surface area contributed by atoms with Gasteiger partial charge in [-0.2, -0.15) is 0 Å². The maximum Gasteiger partial charge on any atom is 0.0431 e. The third-order valence-electron chi connectivity index (χ3n) is 2.31. The van der Waals surface area contributed by atoms with Crippen LogP contribution in [-0.2, 0) is 0 Å². The number of halogens is 2. The van der Waals surface area contributed by atoms with Crippen LogP contribution in [0.2, 0.25) is 0 Å². The first-order chi connectivity index (χ1) is 6.65. The Hall–Kier alpha value is -0.0900. The van der Waals surface area contributed by atoms with Crippen LogP contribution in [-0.4, -0.2) is 11.7 Å². The van der Waals surface area contributed by atoms with Crippen molar-refractivity contribution >= 4 is 28.3 Å². The zero-order valence-electron chi connectivity index (χ0n) is 8.74. The van der Waals surface area contributed by atoms with Crippen LogP contribution in [0.3, 0.4) is 0 Å². The van der Waals surface area contributed by atoms with Gasteiger partial charge in [0.1, 0.15) is 0 Å². The van der Waals surface area contributed by atoms with Crippen LogP contribution in [0.15, 0.2) is 22.7 Å². The highest BCUT2D eigenvalue weighted by molar-refractivity contribution is 9.10. The van der Waals surface area contributed by atoms with Crippen molar-refractivity contribution in [1.29, 1.82) is 0 Å². The summed E-state index contributed by atoms with van der Waals surface area (Å²) < 4.78 is 1.05. The first kappa shape index (κ1) is 14.9. The normalized spacial score (nSPS) is 12.0. The standard InChI is InChI=1S/C11H16BrNO.ClH/c1-8-4-5-9(12)7-10(8)11(13)3-2-6-14;/h4-5,7,11,14H,2-3,6,13H2,1H3;1H/t11-;/m1./s1. The summed E-state index contributed by atoms with van der Waals surface area (Å²) in [7, 11) is 0. The fraction of sp³-hybridized carbons (Fsp3) is 0.455. The molecule has 3 N–H and O–H groups in total. The second-order valence-electron chi connectivity index (χ2n) is 3.47. The molecular weight excluding hydrogens is 277 g/mol. The van der Waals surface area contributed by atoms with Gasteiger partial charge in [0.15, 0.2) is 0 Å². The van der Waals surface area contributed by atoms with Crippen molar-refractivity contribution in [3.8, 4) is 0 Å². The number of aryl methyl sites for hydroxylation is 1. The third kappa shape index (κ3) is 4.51. The summed E-state index contributed by atoms with van der Waals surface area (Å²) in [6.45, 7) is 2.27. The Bertz CT molecular complexity index is 307. The maximum absolute atomic E-state index is 8.72. The smallest absolute Gasteiger partial charge is 0.0431 e. The molecule has 1 rings (SSSR count). The molecule has 0 unspecified atom stereocenters. The van der Waals surface area contributed by atoms with Crippen LogP contribution in [0.4, 0.5) is 0 Å². The van der Waals surface area contributed by atoms with Gasteiger partial charge in [0.25, 0.3) is 0 Å². The van der Waals surface area contributed by atoms with Crippen LogP contribution in [0.1, 0.15) is 30.0 Å². The molecule has 2 nitrogen and oxygen atoms in total. The third-order valence-corrected chi connectivity index (χ3v) is 2.81. The molecule has 0 fully saturated rings. The van der Waals surface area contributed by atoms with E-state index >= 15 is 0 Å².